The standard InChI is InChI=1S/C13H11F3N2O2/c1-8-5-11(18-20-8)17-12(19)7-9-3-2-4-10(6-9)13(14,15)16/h2-6H,7H2,1H3,(H,17,18,19). The fraction of sp³-hybridized carbons (Fsp3) is 0.231. The topological polar surface area (TPSA) is 55.1 Å². The first-order valence-corrected chi connectivity index (χ1v) is 5.74. The molecule has 1 aromatic heterocycles. The molecular weight excluding hydrogens is 273 g/mol. The molecule has 0 fully saturated rings. The van der Waals surface area contributed by atoms with Crippen molar-refractivity contribution in [1.82, 2.24) is 5.16 Å². The predicted molar refractivity (Wildman–Crippen MR) is 65.0 cm³/mol. The SMILES string of the molecule is Cc1cc(NC(=O)Cc2cccc(C(F)(F)F)c2)no1. The van der Waals surface area contributed by atoms with Crippen molar-refractivity contribution in [3.8, 4) is 0 Å². The number of anilines is 1. The van der Waals surface area contributed by atoms with Crippen molar-refractivity contribution in [3.63, 3.8) is 0 Å². The molecule has 7 heteroatoms. The zero-order valence-electron chi connectivity index (χ0n) is 10.5. The number of amides is 1. The van der Waals surface area contributed by atoms with Gasteiger partial charge in [-0.15, -0.1) is 0 Å². The molecule has 1 amide bonds. The van der Waals surface area contributed by atoms with Gasteiger partial charge in [-0.3, -0.25) is 4.79 Å². The number of aromatic nitrogens is 1. The van der Waals surface area contributed by atoms with Crippen molar-refractivity contribution >= 4 is 11.7 Å². The Kier molecular flexibility index (Phi) is 3.78. The highest BCUT2D eigenvalue weighted by molar-refractivity contribution is 5.91. The van der Waals surface area contributed by atoms with Gasteiger partial charge in [-0.2, -0.15) is 13.2 Å². The summed E-state index contributed by atoms with van der Waals surface area (Å²) in [7, 11) is 0. The molecule has 0 bridgehead atoms. The number of nitrogens with one attached hydrogen (secondary N) is 1. The minimum atomic E-state index is -4.42. The highest BCUT2D eigenvalue weighted by Crippen LogP contribution is 2.29. The summed E-state index contributed by atoms with van der Waals surface area (Å²) >= 11 is 0. The number of nitrogens with zero attached hydrogens (tertiary/aromatic N) is 1. The first kappa shape index (κ1) is 14.1. The van der Waals surface area contributed by atoms with Crippen LogP contribution in [-0.4, -0.2) is 11.1 Å². The maximum absolute atomic E-state index is 12.5. The van der Waals surface area contributed by atoms with Crippen LogP contribution >= 0.6 is 0 Å². The molecule has 0 aliphatic carbocycles. The summed E-state index contributed by atoms with van der Waals surface area (Å²) in [5.74, 6) is 0.302. The van der Waals surface area contributed by atoms with Crippen LogP contribution < -0.4 is 5.32 Å². The van der Waals surface area contributed by atoms with Crippen LogP contribution in [0.4, 0.5) is 19.0 Å². The number of aryl methyl sites for hydroxylation is 1. The summed E-state index contributed by atoms with van der Waals surface area (Å²) in [6.45, 7) is 1.66. The van der Waals surface area contributed by atoms with E-state index in [9.17, 15) is 18.0 Å². The van der Waals surface area contributed by atoms with Gasteiger partial charge >= 0.3 is 6.18 Å². The van der Waals surface area contributed by atoms with Crippen LogP contribution in [0.5, 0.6) is 0 Å². The normalized spacial score (nSPS) is 11.4. The van der Waals surface area contributed by atoms with Crippen LogP contribution in [0.25, 0.3) is 0 Å². The molecule has 0 atom stereocenters. The average molecular weight is 284 g/mol. The molecule has 0 aliphatic rings. The van der Waals surface area contributed by atoms with Crippen LogP contribution in [0.1, 0.15) is 16.9 Å². The van der Waals surface area contributed by atoms with E-state index < -0.39 is 17.6 Å². The van der Waals surface area contributed by atoms with E-state index in [0.29, 0.717) is 5.76 Å². The van der Waals surface area contributed by atoms with Crippen molar-refractivity contribution < 1.29 is 22.5 Å². The molecule has 1 heterocycles. The molecular formula is C13H11F3N2O2. The smallest absolute Gasteiger partial charge is 0.360 e. The van der Waals surface area contributed by atoms with Gasteiger partial charge < -0.3 is 9.84 Å². The average Bonchev–Trinajstić information content (AvgIpc) is 2.73. The monoisotopic (exact) mass is 284 g/mol. The van der Waals surface area contributed by atoms with Gasteiger partial charge in [-0.25, -0.2) is 0 Å². The van der Waals surface area contributed by atoms with Crippen molar-refractivity contribution in [3.05, 3.63) is 47.2 Å². The second kappa shape index (κ2) is 5.36. The van der Waals surface area contributed by atoms with E-state index in [1.165, 1.54) is 18.2 Å². The van der Waals surface area contributed by atoms with E-state index in [4.69, 9.17) is 4.52 Å². The second-order valence-corrected chi connectivity index (χ2v) is 4.25. The summed E-state index contributed by atoms with van der Waals surface area (Å²) in [4.78, 5) is 11.7. The van der Waals surface area contributed by atoms with Gasteiger partial charge in [0, 0.05) is 6.07 Å². The maximum atomic E-state index is 12.5. The Labute approximate surface area is 112 Å². The zero-order chi connectivity index (χ0) is 14.8. The molecule has 106 valence electrons. The van der Waals surface area contributed by atoms with Crippen LogP contribution in [-0.2, 0) is 17.4 Å². The largest absolute Gasteiger partial charge is 0.416 e. The summed E-state index contributed by atoms with van der Waals surface area (Å²) in [5, 5.41) is 6.01. The number of carbonyl (C=O) groups is 1. The fourth-order valence-electron chi connectivity index (χ4n) is 1.66. The summed E-state index contributed by atoms with van der Waals surface area (Å²) < 4.78 is 42.4. The Bertz CT molecular complexity index is 620. The number of rotatable bonds is 3. The number of alkyl halides is 3. The van der Waals surface area contributed by atoms with E-state index >= 15 is 0 Å². The minimum absolute atomic E-state index is 0.171. The molecule has 0 saturated heterocycles. The number of benzene rings is 1. The summed E-state index contributed by atoms with van der Waals surface area (Å²) in [5.41, 5.74) is -0.502. The molecule has 20 heavy (non-hydrogen) atoms. The number of carbonyl (C=O) groups excluding carboxylic acids is 1. The Morgan fingerprint density at radius 3 is 2.70 bits per heavy atom. The lowest BCUT2D eigenvalue weighted by Gasteiger charge is -2.08. The molecule has 2 aromatic rings. The third-order valence-electron chi connectivity index (χ3n) is 2.51. The molecule has 0 radical (unpaired) electrons. The molecule has 0 unspecified atom stereocenters. The van der Waals surface area contributed by atoms with Gasteiger partial charge in [0.25, 0.3) is 0 Å². The first-order chi connectivity index (χ1) is 9.34. The van der Waals surface area contributed by atoms with E-state index in [2.05, 4.69) is 10.5 Å². The minimum Gasteiger partial charge on any atom is -0.360 e. The predicted octanol–water partition coefficient (Wildman–Crippen LogP) is 3.18. The zero-order valence-corrected chi connectivity index (χ0v) is 10.5. The maximum Gasteiger partial charge on any atom is 0.416 e. The van der Waals surface area contributed by atoms with Gasteiger partial charge in [-0.05, 0) is 18.6 Å². The fourth-order valence-corrected chi connectivity index (χ4v) is 1.66. The molecule has 1 N–H and O–H groups in total. The third-order valence-corrected chi connectivity index (χ3v) is 2.51. The highest BCUT2D eigenvalue weighted by Gasteiger charge is 2.30. The van der Waals surface area contributed by atoms with Crippen molar-refractivity contribution in [2.24, 2.45) is 0 Å². The Hall–Kier alpha value is -2.31. The van der Waals surface area contributed by atoms with Crippen molar-refractivity contribution in [2.45, 2.75) is 19.5 Å². The van der Waals surface area contributed by atoms with Gasteiger partial charge in [0.15, 0.2) is 5.82 Å². The van der Waals surface area contributed by atoms with Gasteiger partial charge in [0.1, 0.15) is 5.76 Å². The first-order valence-electron chi connectivity index (χ1n) is 5.74. The Morgan fingerprint density at radius 2 is 2.10 bits per heavy atom. The van der Waals surface area contributed by atoms with Crippen LogP contribution in [0.2, 0.25) is 0 Å². The molecule has 4 nitrogen and oxygen atoms in total. The Morgan fingerprint density at radius 1 is 1.35 bits per heavy atom. The van der Waals surface area contributed by atoms with Crippen LogP contribution in [0, 0.1) is 6.92 Å². The molecule has 0 spiro atoms. The quantitative estimate of drug-likeness (QED) is 0.941. The number of halogens is 3. The van der Waals surface area contributed by atoms with Gasteiger partial charge in [-0.1, -0.05) is 23.4 Å². The highest BCUT2D eigenvalue weighted by atomic mass is 19.4. The van der Waals surface area contributed by atoms with Crippen molar-refractivity contribution in [1.29, 1.82) is 0 Å². The lowest BCUT2D eigenvalue weighted by atomic mass is 10.1. The number of hydrogen-bond donors (Lipinski definition) is 1. The second-order valence-electron chi connectivity index (χ2n) is 4.25. The Balaban J connectivity index is 2.04. The summed E-state index contributed by atoms with van der Waals surface area (Å²) in [6.07, 6.45) is -4.59. The summed E-state index contributed by atoms with van der Waals surface area (Å²) in [6, 6.07) is 6.16. The molecule has 0 aliphatic heterocycles. The van der Waals surface area contributed by atoms with E-state index in [1.54, 1.807) is 6.92 Å². The van der Waals surface area contributed by atoms with Crippen LogP contribution in [0.3, 0.4) is 0 Å². The number of hydrogen-bond acceptors (Lipinski definition) is 3. The van der Waals surface area contributed by atoms with E-state index in [0.717, 1.165) is 12.1 Å². The van der Waals surface area contributed by atoms with Crippen molar-refractivity contribution in [2.75, 3.05) is 5.32 Å². The molecule has 2 rings (SSSR count). The third kappa shape index (κ3) is 3.59. The van der Waals surface area contributed by atoms with Gasteiger partial charge in [0.2, 0.25) is 5.91 Å². The van der Waals surface area contributed by atoms with E-state index in [-0.39, 0.29) is 17.8 Å². The van der Waals surface area contributed by atoms with E-state index in [1.807, 2.05) is 0 Å². The lowest BCUT2D eigenvalue weighted by Crippen LogP contribution is -2.15. The lowest BCUT2D eigenvalue weighted by molar-refractivity contribution is -0.137. The van der Waals surface area contributed by atoms with Gasteiger partial charge in [0.05, 0.1) is 12.0 Å². The molecule has 0 saturated carbocycles. The molecule has 1 aromatic carbocycles. The van der Waals surface area contributed by atoms with Crippen LogP contribution in [0.15, 0.2) is 34.9 Å².